The first-order valence-corrected chi connectivity index (χ1v) is 10.1. The molecule has 2 aromatic carbocycles. The molecule has 3 aromatic rings. The predicted octanol–water partition coefficient (Wildman–Crippen LogP) is 1.67. The standard InChI is InChI=1S/C19H19N5O2S/c20-11-10-18-22-23-19(24(18)13-16-4-2-1-3-5-16)27(25,26)14-17-8-6-15(12-21)7-9-17/h1-9H,10-11,13-14,20H2. The van der Waals surface area contributed by atoms with E-state index in [9.17, 15) is 8.42 Å². The van der Waals surface area contributed by atoms with Crippen LogP contribution in [0, 0.1) is 11.3 Å². The van der Waals surface area contributed by atoms with Crippen molar-refractivity contribution in [2.45, 2.75) is 23.9 Å². The lowest BCUT2D eigenvalue weighted by atomic mass is 10.2. The molecule has 0 saturated heterocycles. The monoisotopic (exact) mass is 381 g/mol. The summed E-state index contributed by atoms with van der Waals surface area (Å²) in [4.78, 5) is 0. The molecule has 0 unspecified atom stereocenters. The maximum Gasteiger partial charge on any atom is 0.250 e. The van der Waals surface area contributed by atoms with Crippen LogP contribution in [0.2, 0.25) is 0 Å². The number of aromatic nitrogens is 3. The number of nitriles is 1. The van der Waals surface area contributed by atoms with Gasteiger partial charge in [0.25, 0.3) is 0 Å². The van der Waals surface area contributed by atoms with Crippen LogP contribution in [0.5, 0.6) is 0 Å². The minimum Gasteiger partial charge on any atom is -0.330 e. The van der Waals surface area contributed by atoms with Gasteiger partial charge in [-0.3, -0.25) is 4.57 Å². The van der Waals surface area contributed by atoms with Crippen molar-refractivity contribution in [2.75, 3.05) is 6.54 Å². The topological polar surface area (TPSA) is 115 Å². The van der Waals surface area contributed by atoms with Gasteiger partial charge in [0, 0.05) is 6.42 Å². The van der Waals surface area contributed by atoms with E-state index in [0.717, 1.165) is 5.56 Å². The van der Waals surface area contributed by atoms with Crippen LogP contribution < -0.4 is 5.73 Å². The number of benzene rings is 2. The first-order chi connectivity index (χ1) is 13.0. The Kier molecular flexibility index (Phi) is 5.64. The Balaban J connectivity index is 1.95. The number of nitrogens with two attached hydrogens (primary N) is 1. The second-order valence-corrected chi connectivity index (χ2v) is 7.96. The van der Waals surface area contributed by atoms with Crippen LogP contribution in [-0.4, -0.2) is 29.7 Å². The average molecular weight is 381 g/mol. The normalized spacial score (nSPS) is 11.3. The van der Waals surface area contributed by atoms with Crippen LogP contribution >= 0.6 is 0 Å². The summed E-state index contributed by atoms with van der Waals surface area (Å²) in [6.07, 6.45) is 0.437. The highest BCUT2D eigenvalue weighted by Gasteiger charge is 2.25. The third-order valence-corrected chi connectivity index (χ3v) is 5.63. The van der Waals surface area contributed by atoms with Gasteiger partial charge in [-0.15, -0.1) is 10.2 Å². The van der Waals surface area contributed by atoms with Crippen LogP contribution in [0.1, 0.15) is 22.5 Å². The van der Waals surface area contributed by atoms with Crippen molar-refractivity contribution < 1.29 is 8.42 Å². The molecule has 27 heavy (non-hydrogen) atoms. The van der Waals surface area contributed by atoms with E-state index < -0.39 is 9.84 Å². The fourth-order valence-electron chi connectivity index (χ4n) is 2.75. The van der Waals surface area contributed by atoms with Crippen LogP contribution in [0.3, 0.4) is 0 Å². The van der Waals surface area contributed by atoms with Gasteiger partial charge >= 0.3 is 0 Å². The maximum atomic E-state index is 13.0. The minimum atomic E-state index is -3.72. The van der Waals surface area contributed by atoms with E-state index in [-0.39, 0.29) is 10.9 Å². The molecule has 8 heteroatoms. The molecule has 0 aliphatic rings. The van der Waals surface area contributed by atoms with Crippen LogP contribution in [0.4, 0.5) is 0 Å². The maximum absolute atomic E-state index is 13.0. The number of nitrogens with zero attached hydrogens (tertiary/aromatic N) is 4. The summed E-state index contributed by atoms with van der Waals surface area (Å²) in [5.74, 6) is 0.327. The van der Waals surface area contributed by atoms with Crippen LogP contribution in [-0.2, 0) is 28.6 Å². The molecule has 0 amide bonds. The quantitative estimate of drug-likeness (QED) is 0.666. The predicted molar refractivity (Wildman–Crippen MR) is 100 cm³/mol. The van der Waals surface area contributed by atoms with E-state index in [1.54, 1.807) is 28.8 Å². The average Bonchev–Trinajstić information content (AvgIpc) is 3.07. The van der Waals surface area contributed by atoms with Gasteiger partial charge in [-0.05, 0) is 29.8 Å². The molecular formula is C19H19N5O2S. The Bertz CT molecular complexity index is 1050. The van der Waals surface area contributed by atoms with Crippen molar-refractivity contribution in [3.05, 3.63) is 77.1 Å². The van der Waals surface area contributed by atoms with Gasteiger partial charge in [0.05, 0.1) is 23.9 Å². The molecule has 1 aromatic heterocycles. The van der Waals surface area contributed by atoms with Gasteiger partial charge in [0.1, 0.15) is 5.82 Å². The molecule has 0 atom stereocenters. The highest BCUT2D eigenvalue weighted by Crippen LogP contribution is 2.18. The second kappa shape index (κ2) is 8.12. The minimum absolute atomic E-state index is 0.0702. The molecule has 0 fully saturated rings. The first kappa shape index (κ1) is 18.8. The van der Waals surface area contributed by atoms with Gasteiger partial charge in [-0.1, -0.05) is 42.5 Å². The SMILES string of the molecule is N#Cc1ccc(CS(=O)(=O)c2nnc(CCN)n2Cc2ccccc2)cc1. The molecule has 7 nitrogen and oxygen atoms in total. The van der Waals surface area contributed by atoms with Gasteiger partial charge < -0.3 is 5.73 Å². The van der Waals surface area contributed by atoms with Crippen molar-refractivity contribution >= 4 is 9.84 Å². The van der Waals surface area contributed by atoms with Gasteiger partial charge in [-0.25, -0.2) is 8.42 Å². The molecule has 3 rings (SSSR count). The molecule has 1 heterocycles. The van der Waals surface area contributed by atoms with E-state index >= 15 is 0 Å². The lowest BCUT2D eigenvalue weighted by Crippen LogP contribution is -2.17. The lowest BCUT2D eigenvalue weighted by Gasteiger charge is -2.11. The number of hydrogen-bond donors (Lipinski definition) is 1. The summed E-state index contributed by atoms with van der Waals surface area (Å²) in [5, 5.41) is 16.8. The second-order valence-electron chi connectivity index (χ2n) is 6.08. The van der Waals surface area contributed by atoms with E-state index in [4.69, 9.17) is 11.0 Å². The van der Waals surface area contributed by atoms with Gasteiger partial charge in [0.2, 0.25) is 15.0 Å². The summed E-state index contributed by atoms with van der Waals surface area (Å²) in [7, 11) is -3.72. The fraction of sp³-hybridized carbons (Fsp3) is 0.211. The Morgan fingerprint density at radius 3 is 2.33 bits per heavy atom. The Hall–Kier alpha value is -3.02. The van der Waals surface area contributed by atoms with Crippen molar-refractivity contribution in [1.29, 1.82) is 5.26 Å². The number of hydrogen-bond acceptors (Lipinski definition) is 6. The Labute approximate surface area is 158 Å². The van der Waals surface area contributed by atoms with Crippen LogP contribution in [0.15, 0.2) is 59.8 Å². The first-order valence-electron chi connectivity index (χ1n) is 8.41. The summed E-state index contributed by atoms with van der Waals surface area (Å²) >= 11 is 0. The highest BCUT2D eigenvalue weighted by molar-refractivity contribution is 7.90. The Morgan fingerprint density at radius 1 is 1.00 bits per heavy atom. The summed E-state index contributed by atoms with van der Waals surface area (Å²) < 4.78 is 27.5. The molecular weight excluding hydrogens is 362 g/mol. The Morgan fingerprint density at radius 2 is 1.70 bits per heavy atom. The van der Waals surface area contributed by atoms with Crippen molar-refractivity contribution in [2.24, 2.45) is 5.73 Å². The van der Waals surface area contributed by atoms with E-state index in [1.165, 1.54) is 0 Å². The van der Waals surface area contributed by atoms with Crippen molar-refractivity contribution in [3.63, 3.8) is 0 Å². The van der Waals surface area contributed by atoms with Crippen LogP contribution in [0.25, 0.3) is 0 Å². The fourth-order valence-corrected chi connectivity index (χ4v) is 4.18. The van der Waals surface area contributed by atoms with Crippen molar-refractivity contribution in [1.82, 2.24) is 14.8 Å². The van der Waals surface area contributed by atoms with E-state index in [2.05, 4.69) is 10.2 Å². The largest absolute Gasteiger partial charge is 0.330 e. The molecule has 0 radical (unpaired) electrons. The smallest absolute Gasteiger partial charge is 0.250 e. The summed E-state index contributed by atoms with van der Waals surface area (Å²) in [6, 6.07) is 18.0. The molecule has 0 aliphatic carbocycles. The summed E-state index contributed by atoms with van der Waals surface area (Å²) in [5.41, 5.74) is 7.65. The molecule has 0 spiro atoms. The van der Waals surface area contributed by atoms with E-state index in [1.807, 2.05) is 36.4 Å². The number of sulfone groups is 1. The molecule has 2 N–H and O–H groups in total. The van der Waals surface area contributed by atoms with Gasteiger partial charge in [0.15, 0.2) is 0 Å². The summed E-state index contributed by atoms with van der Waals surface area (Å²) in [6.45, 7) is 0.702. The lowest BCUT2D eigenvalue weighted by molar-refractivity contribution is 0.566. The molecule has 0 aliphatic heterocycles. The third-order valence-electron chi connectivity index (χ3n) is 4.06. The molecule has 0 bridgehead atoms. The van der Waals surface area contributed by atoms with E-state index in [0.29, 0.717) is 36.5 Å². The van der Waals surface area contributed by atoms with Crippen molar-refractivity contribution in [3.8, 4) is 6.07 Å². The zero-order chi connectivity index (χ0) is 19.3. The number of rotatable bonds is 7. The zero-order valence-corrected chi connectivity index (χ0v) is 15.4. The van der Waals surface area contributed by atoms with Gasteiger partial charge in [-0.2, -0.15) is 5.26 Å². The third kappa shape index (κ3) is 4.39. The zero-order valence-electron chi connectivity index (χ0n) is 14.6. The molecule has 0 saturated carbocycles. The molecule has 138 valence electrons. The highest BCUT2D eigenvalue weighted by atomic mass is 32.2.